The van der Waals surface area contributed by atoms with Gasteiger partial charge in [0.2, 0.25) is 0 Å². The summed E-state index contributed by atoms with van der Waals surface area (Å²) in [5, 5.41) is 8.17. The van der Waals surface area contributed by atoms with Crippen molar-refractivity contribution >= 4 is 16.1 Å². The van der Waals surface area contributed by atoms with E-state index in [1.807, 2.05) is 0 Å². The molecule has 2 N–H and O–H groups in total. The fourth-order valence-corrected chi connectivity index (χ4v) is 0.795. The first-order valence-electron chi connectivity index (χ1n) is 3.13. The summed E-state index contributed by atoms with van der Waals surface area (Å²) >= 11 is 0. The third-order valence-electron chi connectivity index (χ3n) is 0.810. The maximum atomic E-state index is 10.5. The Kier molecular flexibility index (Phi) is 5.06. The number of esters is 1. The van der Waals surface area contributed by atoms with E-state index < -0.39 is 21.8 Å². The van der Waals surface area contributed by atoms with Crippen molar-refractivity contribution in [2.75, 3.05) is 19.0 Å². The average molecular weight is 208 g/mol. The Morgan fingerprint density at radius 3 is 2.46 bits per heavy atom. The Morgan fingerprint density at radius 1 is 1.38 bits per heavy atom. The molecule has 0 bridgehead atoms. The largest absolute Gasteiger partial charge is 0.452 e. The van der Waals surface area contributed by atoms with Crippen LogP contribution in [0.3, 0.4) is 0 Å². The van der Waals surface area contributed by atoms with Crippen molar-refractivity contribution in [2.24, 2.45) is 0 Å². The van der Waals surface area contributed by atoms with Gasteiger partial charge in [0.25, 0.3) is 10.1 Å². The summed E-state index contributed by atoms with van der Waals surface area (Å²) in [6.07, 6.45) is 0. The Labute approximate surface area is 75.3 Å². The van der Waals surface area contributed by atoms with Gasteiger partial charge in [0, 0.05) is 0 Å². The minimum absolute atomic E-state index is 0.311. The van der Waals surface area contributed by atoms with Gasteiger partial charge in [0.05, 0.1) is 0 Å². The lowest BCUT2D eigenvalue weighted by molar-refractivity contribution is -0.139. The molecule has 0 atom stereocenters. The monoisotopic (exact) mass is 208 g/mol. The lowest BCUT2D eigenvalue weighted by Crippen LogP contribution is -2.17. The fraction of sp³-hybridized carbons (Fsp3) is 0.500. The van der Waals surface area contributed by atoms with Crippen LogP contribution in [0.1, 0.15) is 0 Å². The first kappa shape index (κ1) is 11.9. The van der Waals surface area contributed by atoms with E-state index in [1.165, 1.54) is 0 Å². The molecule has 0 aromatic rings. The molecule has 0 saturated carbocycles. The van der Waals surface area contributed by atoms with Crippen molar-refractivity contribution in [1.29, 1.82) is 0 Å². The van der Waals surface area contributed by atoms with Crippen LogP contribution < -0.4 is 0 Å². The zero-order valence-corrected chi connectivity index (χ0v) is 7.37. The van der Waals surface area contributed by atoms with Crippen molar-refractivity contribution < 1.29 is 27.6 Å². The van der Waals surface area contributed by atoms with Crippen LogP contribution in [0.15, 0.2) is 0 Å². The summed E-state index contributed by atoms with van der Waals surface area (Å²) in [5.74, 6) is 2.24. The second kappa shape index (κ2) is 5.53. The van der Waals surface area contributed by atoms with E-state index in [0.717, 1.165) is 0 Å². The predicted octanol–water partition coefficient (Wildman–Crippen LogP) is -1.59. The molecular weight excluding hydrogens is 200 g/mol. The SMILES string of the molecule is O=C(CS(=O)(=O)O)OCC#CCO. The Morgan fingerprint density at radius 2 is 2.00 bits per heavy atom. The molecule has 74 valence electrons. The molecular formula is C6H8O6S. The molecule has 0 amide bonds. The molecule has 0 fully saturated rings. The van der Waals surface area contributed by atoms with E-state index in [-0.39, 0.29) is 13.2 Å². The standard InChI is InChI=1S/C6H8O6S/c7-3-1-2-4-12-6(8)5-13(9,10)11/h7H,3-5H2,(H,9,10,11). The van der Waals surface area contributed by atoms with E-state index in [1.54, 1.807) is 0 Å². The summed E-state index contributed by atoms with van der Waals surface area (Å²) in [6.45, 7) is -0.676. The second-order valence-electron chi connectivity index (χ2n) is 1.90. The number of hydrogen-bond acceptors (Lipinski definition) is 5. The van der Waals surface area contributed by atoms with E-state index in [4.69, 9.17) is 9.66 Å². The topological polar surface area (TPSA) is 101 Å². The number of carbonyl (C=O) groups excluding carboxylic acids is 1. The van der Waals surface area contributed by atoms with Crippen LogP contribution in [-0.2, 0) is 19.6 Å². The lowest BCUT2D eigenvalue weighted by Gasteiger charge is -1.97. The van der Waals surface area contributed by atoms with Crippen LogP contribution in [0.4, 0.5) is 0 Å². The van der Waals surface area contributed by atoms with E-state index in [9.17, 15) is 13.2 Å². The van der Waals surface area contributed by atoms with Crippen LogP contribution in [-0.4, -0.2) is 43.0 Å². The van der Waals surface area contributed by atoms with Gasteiger partial charge in [-0.2, -0.15) is 8.42 Å². The van der Waals surface area contributed by atoms with Gasteiger partial charge in [-0.3, -0.25) is 9.35 Å². The van der Waals surface area contributed by atoms with Gasteiger partial charge in [-0.05, 0) is 0 Å². The molecule has 0 aliphatic rings. The maximum absolute atomic E-state index is 10.5. The average Bonchev–Trinajstić information content (AvgIpc) is 1.94. The smallest absolute Gasteiger partial charge is 0.324 e. The van der Waals surface area contributed by atoms with Gasteiger partial charge in [0.15, 0.2) is 12.4 Å². The molecule has 0 aromatic carbocycles. The molecule has 0 aliphatic heterocycles. The van der Waals surface area contributed by atoms with Gasteiger partial charge in [0.1, 0.15) is 6.61 Å². The van der Waals surface area contributed by atoms with E-state index >= 15 is 0 Å². The van der Waals surface area contributed by atoms with Crippen LogP contribution in [0.2, 0.25) is 0 Å². The third kappa shape index (κ3) is 8.81. The molecule has 0 rings (SSSR count). The second-order valence-corrected chi connectivity index (χ2v) is 3.35. The summed E-state index contributed by atoms with van der Waals surface area (Å²) in [5.41, 5.74) is 0. The molecule has 6 nitrogen and oxygen atoms in total. The van der Waals surface area contributed by atoms with E-state index in [2.05, 4.69) is 16.6 Å². The molecule has 0 aromatic heterocycles. The first-order chi connectivity index (χ1) is 5.95. The predicted molar refractivity (Wildman–Crippen MR) is 42.2 cm³/mol. The first-order valence-corrected chi connectivity index (χ1v) is 4.74. The van der Waals surface area contributed by atoms with Gasteiger partial charge < -0.3 is 9.84 Å². The lowest BCUT2D eigenvalue weighted by atomic mass is 10.6. The Balaban J connectivity index is 3.78. The number of ether oxygens (including phenoxy) is 1. The number of carbonyl (C=O) groups is 1. The highest BCUT2D eigenvalue weighted by atomic mass is 32.2. The summed E-state index contributed by atoms with van der Waals surface area (Å²) < 4.78 is 32.7. The van der Waals surface area contributed by atoms with Crippen molar-refractivity contribution in [3.8, 4) is 11.8 Å². The highest BCUT2D eigenvalue weighted by molar-refractivity contribution is 7.86. The molecule has 0 heterocycles. The molecule has 13 heavy (non-hydrogen) atoms. The third-order valence-corrected chi connectivity index (χ3v) is 1.41. The summed E-state index contributed by atoms with van der Waals surface area (Å²) in [4.78, 5) is 10.5. The molecule has 0 spiro atoms. The number of aliphatic hydroxyl groups excluding tert-OH is 1. The van der Waals surface area contributed by atoms with Gasteiger partial charge in [-0.15, -0.1) is 0 Å². The number of aliphatic hydroxyl groups is 1. The van der Waals surface area contributed by atoms with Crippen molar-refractivity contribution in [3.63, 3.8) is 0 Å². The van der Waals surface area contributed by atoms with Crippen molar-refractivity contribution in [3.05, 3.63) is 0 Å². The Hall–Kier alpha value is -1.10. The fourth-order valence-electron chi connectivity index (χ4n) is 0.414. The highest BCUT2D eigenvalue weighted by Gasteiger charge is 2.13. The van der Waals surface area contributed by atoms with Crippen molar-refractivity contribution in [1.82, 2.24) is 0 Å². The van der Waals surface area contributed by atoms with Gasteiger partial charge in [-0.1, -0.05) is 11.8 Å². The van der Waals surface area contributed by atoms with E-state index in [0.29, 0.717) is 0 Å². The summed E-state index contributed by atoms with van der Waals surface area (Å²) in [6, 6.07) is 0. The van der Waals surface area contributed by atoms with Crippen LogP contribution >= 0.6 is 0 Å². The molecule has 0 unspecified atom stereocenters. The van der Waals surface area contributed by atoms with Crippen molar-refractivity contribution in [2.45, 2.75) is 0 Å². The summed E-state index contributed by atoms with van der Waals surface area (Å²) in [7, 11) is -4.34. The molecule has 7 heteroatoms. The zero-order valence-electron chi connectivity index (χ0n) is 6.56. The van der Waals surface area contributed by atoms with Gasteiger partial charge >= 0.3 is 5.97 Å². The normalized spacial score (nSPS) is 10.0. The minimum atomic E-state index is -4.34. The quantitative estimate of drug-likeness (QED) is 0.329. The number of hydrogen-bond donors (Lipinski definition) is 2. The molecule has 0 radical (unpaired) electrons. The maximum Gasteiger partial charge on any atom is 0.324 e. The molecule has 0 saturated heterocycles. The van der Waals surface area contributed by atoms with Crippen LogP contribution in [0.5, 0.6) is 0 Å². The van der Waals surface area contributed by atoms with Crippen LogP contribution in [0.25, 0.3) is 0 Å². The highest BCUT2D eigenvalue weighted by Crippen LogP contribution is 1.85. The molecule has 0 aliphatic carbocycles. The zero-order chi connectivity index (χ0) is 10.3. The number of rotatable bonds is 3. The van der Waals surface area contributed by atoms with Gasteiger partial charge in [-0.25, -0.2) is 0 Å². The minimum Gasteiger partial charge on any atom is -0.452 e. The van der Waals surface area contributed by atoms with Crippen LogP contribution in [0, 0.1) is 11.8 Å². The Bertz CT molecular complexity index is 319.